The van der Waals surface area contributed by atoms with Crippen LogP contribution >= 0.6 is 0 Å². The lowest BCUT2D eigenvalue weighted by atomic mass is 10.2. The number of hydrogen-bond acceptors (Lipinski definition) is 2. The highest BCUT2D eigenvalue weighted by Gasteiger charge is 2.06. The van der Waals surface area contributed by atoms with E-state index in [0.717, 1.165) is 5.56 Å². The molecule has 0 aliphatic rings. The zero-order valence-corrected chi connectivity index (χ0v) is 9.80. The van der Waals surface area contributed by atoms with Gasteiger partial charge in [0.15, 0.2) is 0 Å². The molecule has 0 aromatic heterocycles. The van der Waals surface area contributed by atoms with Crippen molar-refractivity contribution < 1.29 is 9.18 Å². The maximum absolute atomic E-state index is 12.9. The van der Waals surface area contributed by atoms with E-state index in [1.807, 2.05) is 20.8 Å². The van der Waals surface area contributed by atoms with Crippen LogP contribution in [0.3, 0.4) is 0 Å². The number of nitrogens with one attached hydrogen (secondary N) is 2. The van der Waals surface area contributed by atoms with Gasteiger partial charge in [-0.15, -0.1) is 0 Å². The average molecular weight is 224 g/mol. The van der Waals surface area contributed by atoms with Gasteiger partial charge in [-0.05, 0) is 24.6 Å². The van der Waals surface area contributed by atoms with E-state index in [9.17, 15) is 9.18 Å². The first-order valence-electron chi connectivity index (χ1n) is 5.28. The van der Waals surface area contributed by atoms with E-state index in [1.165, 1.54) is 12.1 Å². The van der Waals surface area contributed by atoms with Gasteiger partial charge in [0, 0.05) is 11.7 Å². The fourth-order valence-corrected chi connectivity index (χ4v) is 1.22. The lowest BCUT2D eigenvalue weighted by Crippen LogP contribution is -2.32. The topological polar surface area (TPSA) is 41.1 Å². The minimum Gasteiger partial charge on any atom is -0.325 e. The SMILES string of the molecule is Cc1ccc(F)cc1NC(=O)CNC(C)C. The molecule has 0 radical (unpaired) electrons. The fraction of sp³-hybridized carbons (Fsp3) is 0.417. The Morgan fingerprint density at radius 2 is 2.12 bits per heavy atom. The first-order valence-corrected chi connectivity index (χ1v) is 5.28. The first kappa shape index (κ1) is 12.6. The number of amides is 1. The molecule has 16 heavy (non-hydrogen) atoms. The van der Waals surface area contributed by atoms with E-state index in [-0.39, 0.29) is 24.3 Å². The van der Waals surface area contributed by atoms with Crippen LogP contribution < -0.4 is 10.6 Å². The molecule has 0 atom stereocenters. The smallest absolute Gasteiger partial charge is 0.238 e. The summed E-state index contributed by atoms with van der Waals surface area (Å²) in [4.78, 5) is 11.5. The summed E-state index contributed by atoms with van der Waals surface area (Å²) in [5.41, 5.74) is 1.37. The largest absolute Gasteiger partial charge is 0.325 e. The maximum Gasteiger partial charge on any atom is 0.238 e. The van der Waals surface area contributed by atoms with E-state index in [0.29, 0.717) is 5.69 Å². The molecule has 0 aliphatic carbocycles. The lowest BCUT2D eigenvalue weighted by molar-refractivity contribution is -0.115. The predicted molar refractivity (Wildman–Crippen MR) is 62.9 cm³/mol. The van der Waals surface area contributed by atoms with Crippen LogP contribution in [0.2, 0.25) is 0 Å². The van der Waals surface area contributed by atoms with E-state index in [2.05, 4.69) is 10.6 Å². The molecule has 1 rings (SSSR count). The Morgan fingerprint density at radius 1 is 1.44 bits per heavy atom. The quantitative estimate of drug-likeness (QED) is 0.822. The van der Waals surface area contributed by atoms with Crippen LogP contribution in [0.1, 0.15) is 19.4 Å². The third-order valence-corrected chi connectivity index (χ3v) is 2.14. The summed E-state index contributed by atoms with van der Waals surface area (Å²) in [6.07, 6.45) is 0. The normalized spacial score (nSPS) is 10.6. The molecule has 0 unspecified atom stereocenters. The minimum absolute atomic E-state index is 0.164. The van der Waals surface area contributed by atoms with Crippen LogP contribution in [0.5, 0.6) is 0 Å². The van der Waals surface area contributed by atoms with Crippen LogP contribution in [-0.4, -0.2) is 18.5 Å². The molecule has 1 aromatic carbocycles. The molecular formula is C12H17FN2O. The number of carbonyl (C=O) groups excluding carboxylic acids is 1. The molecule has 0 aliphatic heterocycles. The fourth-order valence-electron chi connectivity index (χ4n) is 1.22. The summed E-state index contributed by atoms with van der Waals surface area (Å²) in [6, 6.07) is 4.58. The van der Waals surface area contributed by atoms with Crippen LogP contribution in [0.4, 0.5) is 10.1 Å². The molecule has 0 spiro atoms. The lowest BCUT2D eigenvalue weighted by Gasteiger charge is -2.10. The zero-order valence-electron chi connectivity index (χ0n) is 9.80. The summed E-state index contributed by atoms with van der Waals surface area (Å²) in [6.45, 7) is 5.97. The summed E-state index contributed by atoms with van der Waals surface area (Å²) >= 11 is 0. The maximum atomic E-state index is 12.9. The monoisotopic (exact) mass is 224 g/mol. The summed E-state index contributed by atoms with van der Waals surface area (Å²) in [5, 5.41) is 5.66. The molecule has 0 saturated carbocycles. The van der Waals surface area contributed by atoms with Crippen molar-refractivity contribution in [3.63, 3.8) is 0 Å². The summed E-state index contributed by atoms with van der Waals surface area (Å²) in [5.74, 6) is -0.514. The van der Waals surface area contributed by atoms with E-state index < -0.39 is 0 Å². The van der Waals surface area contributed by atoms with Crippen molar-refractivity contribution in [2.45, 2.75) is 26.8 Å². The Hall–Kier alpha value is -1.42. The Kier molecular flexibility index (Phi) is 4.43. The van der Waals surface area contributed by atoms with Crippen LogP contribution in [0.15, 0.2) is 18.2 Å². The number of aryl methyl sites for hydroxylation is 1. The van der Waals surface area contributed by atoms with E-state index in [4.69, 9.17) is 0 Å². The highest BCUT2D eigenvalue weighted by molar-refractivity contribution is 5.92. The van der Waals surface area contributed by atoms with Gasteiger partial charge in [0.05, 0.1) is 6.54 Å². The van der Waals surface area contributed by atoms with Crippen molar-refractivity contribution in [1.82, 2.24) is 5.32 Å². The van der Waals surface area contributed by atoms with Gasteiger partial charge in [-0.1, -0.05) is 19.9 Å². The number of benzene rings is 1. The number of rotatable bonds is 4. The predicted octanol–water partition coefficient (Wildman–Crippen LogP) is 2.07. The number of halogens is 1. The molecule has 0 fully saturated rings. The van der Waals surface area contributed by atoms with Crippen molar-refractivity contribution in [1.29, 1.82) is 0 Å². The molecule has 2 N–H and O–H groups in total. The molecule has 0 heterocycles. The molecule has 0 saturated heterocycles. The zero-order chi connectivity index (χ0) is 12.1. The second kappa shape index (κ2) is 5.61. The van der Waals surface area contributed by atoms with Crippen molar-refractivity contribution in [3.05, 3.63) is 29.6 Å². The number of carbonyl (C=O) groups is 1. The molecule has 0 bridgehead atoms. The van der Waals surface area contributed by atoms with Gasteiger partial charge in [0.2, 0.25) is 5.91 Å². The molecular weight excluding hydrogens is 207 g/mol. The molecule has 1 aromatic rings. The number of anilines is 1. The van der Waals surface area contributed by atoms with Gasteiger partial charge in [-0.2, -0.15) is 0 Å². The van der Waals surface area contributed by atoms with Crippen molar-refractivity contribution >= 4 is 11.6 Å². The van der Waals surface area contributed by atoms with Gasteiger partial charge in [0.25, 0.3) is 0 Å². The molecule has 1 amide bonds. The Bertz CT molecular complexity index is 377. The molecule has 3 nitrogen and oxygen atoms in total. The van der Waals surface area contributed by atoms with Gasteiger partial charge in [0.1, 0.15) is 5.82 Å². The van der Waals surface area contributed by atoms with Crippen LogP contribution in [0, 0.1) is 12.7 Å². The van der Waals surface area contributed by atoms with Gasteiger partial charge >= 0.3 is 0 Å². The minimum atomic E-state index is -0.349. The van der Waals surface area contributed by atoms with Gasteiger partial charge in [-0.3, -0.25) is 4.79 Å². The molecule has 88 valence electrons. The van der Waals surface area contributed by atoms with Gasteiger partial charge in [-0.25, -0.2) is 4.39 Å². The Balaban J connectivity index is 2.59. The van der Waals surface area contributed by atoms with E-state index >= 15 is 0 Å². The standard InChI is InChI=1S/C12H17FN2O/c1-8(2)14-7-12(16)15-11-6-10(13)5-4-9(11)3/h4-6,8,14H,7H2,1-3H3,(H,15,16). The van der Waals surface area contributed by atoms with Crippen molar-refractivity contribution in [3.8, 4) is 0 Å². The highest BCUT2D eigenvalue weighted by Crippen LogP contribution is 2.15. The van der Waals surface area contributed by atoms with Gasteiger partial charge < -0.3 is 10.6 Å². The third-order valence-electron chi connectivity index (χ3n) is 2.14. The molecule has 4 heteroatoms. The third kappa shape index (κ3) is 3.98. The van der Waals surface area contributed by atoms with E-state index in [1.54, 1.807) is 6.07 Å². The summed E-state index contributed by atoms with van der Waals surface area (Å²) in [7, 11) is 0. The highest BCUT2D eigenvalue weighted by atomic mass is 19.1. The summed E-state index contributed by atoms with van der Waals surface area (Å²) < 4.78 is 12.9. The van der Waals surface area contributed by atoms with Crippen LogP contribution in [0.25, 0.3) is 0 Å². The Labute approximate surface area is 95.0 Å². The second-order valence-corrected chi connectivity index (χ2v) is 4.04. The van der Waals surface area contributed by atoms with Crippen molar-refractivity contribution in [2.24, 2.45) is 0 Å². The number of hydrogen-bond donors (Lipinski definition) is 2. The first-order chi connectivity index (χ1) is 7.49. The average Bonchev–Trinajstić information content (AvgIpc) is 2.20. The second-order valence-electron chi connectivity index (χ2n) is 4.04. The van der Waals surface area contributed by atoms with Crippen LogP contribution in [-0.2, 0) is 4.79 Å². The Morgan fingerprint density at radius 3 is 2.75 bits per heavy atom. The van der Waals surface area contributed by atoms with Crippen molar-refractivity contribution in [2.75, 3.05) is 11.9 Å².